The number of hydrogen-bond acceptors (Lipinski definition) is 1. The van der Waals surface area contributed by atoms with E-state index in [1.807, 2.05) is 0 Å². The monoisotopic (exact) mass is 286 g/mol. The SMILES string of the molecule is O=S(Cc1ccc(Cl)c(F)c1)c1ccc(F)cc1. The quantitative estimate of drug-likeness (QED) is 0.836. The van der Waals surface area contributed by atoms with E-state index in [1.165, 1.54) is 36.4 Å². The van der Waals surface area contributed by atoms with Crippen LogP contribution in [0.5, 0.6) is 0 Å². The maximum Gasteiger partial charge on any atom is 0.142 e. The van der Waals surface area contributed by atoms with Gasteiger partial charge in [0.05, 0.1) is 21.6 Å². The molecule has 5 heteroatoms. The Kier molecular flexibility index (Phi) is 4.09. The third kappa shape index (κ3) is 3.15. The highest BCUT2D eigenvalue weighted by atomic mass is 35.5. The van der Waals surface area contributed by atoms with Gasteiger partial charge < -0.3 is 0 Å². The van der Waals surface area contributed by atoms with Gasteiger partial charge in [0.15, 0.2) is 0 Å². The first-order valence-corrected chi connectivity index (χ1v) is 6.84. The van der Waals surface area contributed by atoms with Crippen molar-refractivity contribution in [3.63, 3.8) is 0 Å². The summed E-state index contributed by atoms with van der Waals surface area (Å²) in [6.07, 6.45) is 0. The van der Waals surface area contributed by atoms with Crippen molar-refractivity contribution in [2.24, 2.45) is 0 Å². The predicted molar refractivity (Wildman–Crippen MR) is 67.9 cm³/mol. The first-order chi connectivity index (χ1) is 8.56. The van der Waals surface area contributed by atoms with Gasteiger partial charge >= 0.3 is 0 Å². The fourth-order valence-corrected chi connectivity index (χ4v) is 2.66. The van der Waals surface area contributed by atoms with Crippen molar-refractivity contribution in [2.45, 2.75) is 10.6 Å². The summed E-state index contributed by atoms with van der Waals surface area (Å²) in [7, 11) is -1.33. The molecular weight excluding hydrogens is 278 g/mol. The Labute approximate surface area is 111 Å². The summed E-state index contributed by atoms with van der Waals surface area (Å²) in [6.45, 7) is 0. The van der Waals surface area contributed by atoms with E-state index in [0.29, 0.717) is 10.5 Å². The Morgan fingerprint density at radius 3 is 2.33 bits per heavy atom. The molecule has 1 atom stereocenters. The summed E-state index contributed by atoms with van der Waals surface area (Å²) < 4.78 is 37.9. The average molecular weight is 287 g/mol. The zero-order chi connectivity index (χ0) is 13.1. The van der Waals surface area contributed by atoms with Crippen LogP contribution in [0.4, 0.5) is 8.78 Å². The van der Waals surface area contributed by atoms with Gasteiger partial charge in [0.2, 0.25) is 0 Å². The van der Waals surface area contributed by atoms with Crippen LogP contribution < -0.4 is 0 Å². The molecule has 0 aliphatic carbocycles. The minimum Gasteiger partial charge on any atom is -0.254 e. The highest BCUT2D eigenvalue weighted by Crippen LogP contribution is 2.18. The van der Waals surface area contributed by atoms with Crippen LogP contribution in [0.25, 0.3) is 0 Å². The van der Waals surface area contributed by atoms with Crippen LogP contribution in [0.15, 0.2) is 47.4 Å². The van der Waals surface area contributed by atoms with E-state index in [0.717, 1.165) is 0 Å². The van der Waals surface area contributed by atoms with Crippen molar-refractivity contribution in [3.8, 4) is 0 Å². The lowest BCUT2D eigenvalue weighted by Crippen LogP contribution is -1.97. The van der Waals surface area contributed by atoms with E-state index in [4.69, 9.17) is 11.6 Å². The zero-order valence-corrected chi connectivity index (χ0v) is 10.8. The Bertz CT molecular complexity index is 584. The normalized spacial score (nSPS) is 12.4. The van der Waals surface area contributed by atoms with Crippen LogP contribution in [0, 0.1) is 11.6 Å². The lowest BCUT2D eigenvalue weighted by Gasteiger charge is -2.03. The molecule has 0 N–H and O–H groups in total. The fourth-order valence-electron chi connectivity index (χ4n) is 1.45. The third-order valence-corrected chi connectivity index (χ3v) is 4.06. The maximum atomic E-state index is 13.2. The van der Waals surface area contributed by atoms with Gasteiger partial charge in [0, 0.05) is 4.90 Å². The van der Waals surface area contributed by atoms with E-state index < -0.39 is 16.6 Å². The second-order valence-electron chi connectivity index (χ2n) is 3.69. The molecule has 0 spiro atoms. The summed E-state index contributed by atoms with van der Waals surface area (Å²) in [5.74, 6) is -0.752. The van der Waals surface area contributed by atoms with Crippen molar-refractivity contribution in [1.29, 1.82) is 0 Å². The molecule has 0 aromatic heterocycles. The Morgan fingerprint density at radius 2 is 1.72 bits per heavy atom. The van der Waals surface area contributed by atoms with Gasteiger partial charge in [0.25, 0.3) is 0 Å². The van der Waals surface area contributed by atoms with Gasteiger partial charge in [-0.2, -0.15) is 0 Å². The highest BCUT2D eigenvalue weighted by molar-refractivity contribution is 7.84. The summed E-state index contributed by atoms with van der Waals surface area (Å²) in [4.78, 5) is 0.506. The molecule has 2 aromatic carbocycles. The summed E-state index contributed by atoms with van der Waals surface area (Å²) in [5.41, 5.74) is 0.583. The molecule has 0 aliphatic rings. The highest BCUT2D eigenvalue weighted by Gasteiger charge is 2.07. The molecule has 1 unspecified atom stereocenters. The van der Waals surface area contributed by atoms with Gasteiger partial charge in [-0.15, -0.1) is 0 Å². The topological polar surface area (TPSA) is 17.1 Å². The fraction of sp³-hybridized carbons (Fsp3) is 0.0769. The third-order valence-electron chi connectivity index (χ3n) is 2.36. The van der Waals surface area contributed by atoms with Crippen molar-refractivity contribution in [3.05, 3.63) is 64.7 Å². The largest absolute Gasteiger partial charge is 0.254 e. The van der Waals surface area contributed by atoms with Gasteiger partial charge in [-0.05, 0) is 42.0 Å². The molecule has 0 saturated heterocycles. The Balaban J connectivity index is 2.16. The van der Waals surface area contributed by atoms with Crippen LogP contribution in [0.3, 0.4) is 0 Å². The van der Waals surface area contributed by atoms with Crippen LogP contribution in [-0.4, -0.2) is 4.21 Å². The molecule has 0 radical (unpaired) electrons. The van der Waals surface area contributed by atoms with Crippen molar-refractivity contribution in [2.75, 3.05) is 0 Å². The lowest BCUT2D eigenvalue weighted by atomic mass is 10.2. The second kappa shape index (κ2) is 5.59. The predicted octanol–water partition coefficient (Wildman–Crippen LogP) is 3.93. The lowest BCUT2D eigenvalue weighted by molar-refractivity contribution is 0.626. The van der Waals surface area contributed by atoms with Crippen molar-refractivity contribution in [1.82, 2.24) is 0 Å². The molecular formula is C13H9ClF2OS. The first-order valence-electron chi connectivity index (χ1n) is 5.14. The average Bonchev–Trinajstić information content (AvgIpc) is 2.34. The van der Waals surface area contributed by atoms with Gasteiger partial charge in [-0.25, -0.2) is 8.78 Å². The molecule has 0 amide bonds. The zero-order valence-electron chi connectivity index (χ0n) is 9.20. The molecule has 0 aliphatic heterocycles. The summed E-state index contributed by atoms with van der Waals surface area (Å²) >= 11 is 5.56. The summed E-state index contributed by atoms with van der Waals surface area (Å²) in [6, 6.07) is 9.70. The van der Waals surface area contributed by atoms with Crippen LogP contribution in [0.2, 0.25) is 5.02 Å². The van der Waals surface area contributed by atoms with Gasteiger partial charge in [-0.3, -0.25) is 4.21 Å². The van der Waals surface area contributed by atoms with E-state index >= 15 is 0 Å². The number of halogens is 3. The molecule has 0 fully saturated rings. The smallest absolute Gasteiger partial charge is 0.142 e. The molecule has 0 bridgehead atoms. The summed E-state index contributed by atoms with van der Waals surface area (Å²) in [5, 5.41) is 0.0336. The molecule has 18 heavy (non-hydrogen) atoms. The Hall–Kier alpha value is -1.26. The molecule has 0 heterocycles. The maximum absolute atomic E-state index is 13.2. The van der Waals surface area contributed by atoms with E-state index in [9.17, 15) is 13.0 Å². The number of benzene rings is 2. The number of rotatable bonds is 3. The molecule has 2 rings (SSSR count). The minimum absolute atomic E-state index is 0.0336. The van der Waals surface area contributed by atoms with Gasteiger partial charge in [-0.1, -0.05) is 17.7 Å². The number of hydrogen-bond donors (Lipinski definition) is 0. The van der Waals surface area contributed by atoms with Crippen LogP contribution in [0.1, 0.15) is 5.56 Å². The Morgan fingerprint density at radius 1 is 1.06 bits per heavy atom. The van der Waals surface area contributed by atoms with E-state index in [-0.39, 0.29) is 16.6 Å². The minimum atomic E-state index is -1.33. The molecule has 2 aromatic rings. The van der Waals surface area contributed by atoms with Crippen LogP contribution in [-0.2, 0) is 16.6 Å². The van der Waals surface area contributed by atoms with Gasteiger partial charge in [0.1, 0.15) is 11.6 Å². The first kappa shape index (κ1) is 13.2. The second-order valence-corrected chi connectivity index (χ2v) is 5.55. The van der Waals surface area contributed by atoms with Crippen LogP contribution >= 0.6 is 11.6 Å². The standard InChI is InChI=1S/C13H9ClF2OS/c14-12-6-1-9(7-13(12)16)8-18(17)11-4-2-10(15)3-5-11/h1-7H,8H2. The van der Waals surface area contributed by atoms with Crippen molar-refractivity contribution >= 4 is 22.4 Å². The molecule has 94 valence electrons. The van der Waals surface area contributed by atoms with E-state index in [2.05, 4.69) is 0 Å². The molecule has 0 saturated carbocycles. The van der Waals surface area contributed by atoms with Crippen molar-refractivity contribution < 1.29 is 13.0 Å². The van der Waals surface area contributed by atoms with E-state index in [1.54, 1.807) is 6.07 Å². The molecule has 1 nitrogen and oxygen atoms in total.